The van der Waals surface area contributed by atoms with Crippen molar-refractivity contribution in [1.29, 1.82) is 0 Å². The van der Waals surface area contributed by atoms with Gasteiger partial charge < -0.3 is 11.1 Å². The molecule has 0 aromatic heterocycles. The summed E-state index contributed by atoms with van der Waals surface area (Å²) in [4.78, 5) is 25.6. The maximum absolute atomic E-state index is 12.9. The molecular formula is C22H28N4O4S. The highest BCUT2D eigenvalue weighted by Gasteiger charge is 2.29. The summed E-state index contributed by atoms with van der Waals surface area (Å²) < 4.78 is 27.3. The summed E-state index contributed by atoms with van der Waals surface area (Å²) in [6.45, 7) is 5.89. The average molecular weight is 445 g/mol. The summed E-state index contributed by atoms with van der Waals surface area (Å²) in [6, 6.07) is 13.4. The number of amides is 2. The predicted molar refractivity (Wildman–Crippen MR) is 119 cm³/mol. The fourth-order valence-corrected chi connectivity index (χ4v) is 4.85. The fraction of sp³-hybridized carbons (Fsp3) is 0.364. The number of nitrogens with two attached hydrogens (primary N) is 1. The van der Waals surface area contributed by atoms with E-state index >= 15 is 0 Å². The van der Waals surface area contributed by atoms with E-state index in [9.17, 15) is 18.0 Å². The van der Waals surface area contributed by atoms with E-state index < -0.39 is 15.9 Å². The number of hydrogen-bond acceptors (Lipinski definition) is 5. The Bertz CT molecular complexity index is 1030. The van der Waals surface area contributed by atoms with Crippen LogP contribution in [-0.4, -0.2) is 62.2 Å². The quantitative estimate of drug-likeness (QED) is 0.677. The molecule has 1 saturated heterocycles. The number of nitrogens with zero attached hydrogens (tertiary/aromatic N) is 2. The summed E-state index contributed by atoms with van der Waals surface area (Å²) in [7, 11) is -3.55. The number of primary amides is 1. The Hall–Kier alpha value is -2.75. The highest BCUT2D eigenvalue weighted by Crippen LogP contribution is 2.21. The van der Waals surface area contributed by atoms with Crippen LogP contribution in [-0.2, 0) is 14.8 Å². The van der Waals surface area contributed by atoms with Gasteiger partial charge in [0.1, 0.15) is 0 Å². The molecule has 2 amide bonds. The van der Waals surface area contributed by atoms with Crippen LogP contribution in [0, 0.1) is 0 Å². The number of carbonyl (C=O) groups is 2. The number of piperazine rings is 1. The molecule has 0 unspecified atom stereocenters. The lowest BCUT2D eigenvalue weighted by atomic mass is 10.0. The summed E-state index contributed by atoms with van der Waals surface area (Å²) in [5.41, 5.74) is 7.24. The van der Waals surface area contributed by atoms with Gasteiger partial charge in [-0.05, 0) is 47.9 Å². The first kappa shape index (κ1) is 22.9. The third-order valence-electron chi connectivity index (χ3n) is 5.34. The number of carbonyl (C=O) groups excluding carboxylic acids is 2. The van der Waals surface area contributed by atoms with Crippen LogP contribution >= 0.6 is 0 Å². The number of anilines is 1. The van der Waals surface area contributed by atoms with E-state index in [0.717, 1.165) is 5.56 Å². The third-order valence-corrected chi connectivity index (χ3v) is 7.25. The summed E-state index contributed by atoms with van der Waals surface area (Å²) >= 11 is 0. The molecule has 31 heavy (non-hydrogen) atoms. The van der Waals surface area contributed by atoms with Gasteiger partial charge in [0.25, 0.3) is 0 Å². The Morgan fingerprint density at radius 3 is 2.06 bits per heavy atom. The van der Waals surface area contributed by atoms with Gasteiger partial charge in [0.15, 0.2) is 0 Å². The lowest BCUT2D eigenvalue weighted by Crippen LogP contribution is -2.50. The molecule has 2 aromatic rings. The molecule has 1 aliphatic heterocycles. The van der Waals surface area contributed by atoms with Crippen molar-refractivity contribution in [2.45, 2.75) is 24.7 Å². The first-order valence-corrected chi connectivity index (χ1v) is 11.6. The molecule has 2 aromatic carbocycles. The zero-order chi connectivity index (χ0) is 22.6. The molecule has 0 spiro atoms. The number of hydrogen-bond donors (Lipinski definition) is 2. The van der Waals surface area contributed by atoms with Crippen LogP contribution in [0.3, 0.4) is 0 Å². The zero-order valence-electron chi connectivity index (χ0n) is 17.7. The van der Waals surface area contributed by atoms with E-state index in [1.54, 1.807) is 36.4 Å². The topological polar surface area (TPSA) is 113 Å². The lowest BCUT2D eigenvalue weighted by molar-refractivity contribution is -0.117. The highest BCUT2D eigenvalue weighted by atomic mass is 32.2. The minimum atomic E-state index is -3.55. The van der Waals surface area contributed by atoms with Crippen molar-refractivity contribution < 1.29 is 18.0 Å². The number of sulfonamides is 1. The molecule has 0 radical (unpaired) electrons. The zero-order valence-corrected chi connectivity index (χ0v) is 18.6. The van der Waals surface area contributed by atoms with E-state index in [4.69, 9.17) is 5.73 Å². The molecule has 0 bridgehead atoms. The van der Waals surface area contributed by atoms with E-state index in [-0.39, 0.29) is 12.5 Å². The van der Waals surface area contributed by atoms with E-state index in [2.05, 4.69) is 19.2 Å². The molecule has 0 atom stereocenters. The van der Waals surface area contributed by atoms with Gasteiger partial charge in [-0.1, -0.05) is 26.0 Å². The predicted octanol–water partition coefficient (Wildman–Crippen LogP) is 1.85. The van der Waals surface area contributed by atoms with E-state index in [0.29, 0.717) is 48.2 Å². The molecule has 1 heterocycles. The van der Waals surface area contributed by atoms with Crippen molar-refractivity contribution >= 4 is 27.5 Å². The Morgan fingerprint density at radius 2 is 1.55 bits per heavy atom. The van der Waals surface area contributed by atoms with Crippen molar-refractivity contribution in [3.05, 3.63) is 59.7 Å². The minimum absolute atomic E-state index is 0.161. The Labute approximate surface area is 183 Å². The van der Waals surface area contributed by atoms with Gasteiger partial charge in [0.05, 0.1) is 11.4 Å². The van der Waals surface area contributed by atoms with E-state index in [1.165, 1.54) is 4.31 Å². The largest absolute Gasteiger partial charge is 0.366 e. The van der Waals surface area contributed by atoms with Crippen molar-refractivity contribution in [1.82, 2.24) is 9.21 Å². The summed E-state index contributed by atoms with van der Waals surface area (Å²) in [5, 5.41) is 2.77. The van der Waals surface area contributed by atoms with Gasteiger partial charge in [0, 0.05) is 37.4 Å². The molecule has 0 saturated carbocycles. The van der Waals surface area contributed by atoms with Gasteiger partial charge in [-0.3, -0.25) is 14.5 Å². The molecule has 0 aliphatic carbocycles. The number of benzene rings is 2. The van der Waals surface area contributed by atoms with Crippen molar-refractivity contribution in [2.24, 2.45) is 5.73 Å². The second kappa shape index (κ2) is 9.59. The van der Waals surface area contributed by atoms with Crippen LogP contribution in [0.1, 0.15) is 35.7 Å². The summed E-state index contributed by atoms with van der Waals surface area (Å²) in [6.07, 6.45) is 0. The molecule has 1 fully saturated rings. The van der Waals surface area contributed by atoms with Crippen LogP contribution in [0.25, 0.3) is 0 Å². The molecule has 8 nitrogen and oxygen atoms in total. The molecule has 166 valence electrons. The minimum Gasteiger partial charge on any atom is -0.366 e. The maximum atomic E-state index is 12.9. The van der Waals surface area contributed by atoms with Crippen LogP contribution in [0.4, 0.5) is 5.69 Å². The van der Waals surface area contributed by atoms with Crippen LogP contribution in [0.15, 0.2) is 53.4 Å². The lowest BCUT2D eigenvalue weighted by Gasteiger charge is -2.33. The standard InChI is InChI=1S/C22H28N4O4S/c1-16(2)17-5-9-20(10-6-17)31(29,30)26-13-11-25(12-14-26)15-21(27)24-19-7-3-18(4-8-19)22(23)28/h3-10,16H,11-15H2,1-2H3,(H2,23,28)(H,24,27). The van der Waals surface area contributed by atoms with Crippen molar-refractivity contribution in [2.75, 3.05) is 38.0 Å². The molecule has 3 N–H and O–H groups in total. The van der Waals surface area contributed by atoms with Gasteiger partial charge in [-0.2, -0.15) is 4.31 Å². The molecule has 3 rings (SSSR count). The molecule has 9 heteroatoms. The molecular weight excluding hydrogens is 416 g/mol. The van der Waals surface area contributed by atoms with Crippen LogP contribution in [0.2, 0.25) is 0 Å². The second-order valence-electron chi connectivity index (χ2n) is 7.89. The molecule has 1 aliphatic rings. The Morgan fingerprint density at radius 1 is 0.968 bits per heavy atom. The third kappa shape index (κ3) is 5.69. The van der Waals surface area contributed by atoms with E-state index in [1.807, 2.05) is 17.0 Å². The van der Waals surface area contributed by atoms with Crippen molar-refractivity contribution in [3.63, 3.8) is 0 Å². The number of nitrogens with one attached hydrogen (secondary N) is 1. The maximum Gasteiger partial charge on any atom is 0.248 e. The second-order valence-corrected chi connectivity index (χ2v) is 9.83. The monoisotopic (exact) mass is 444 g/mol. The number of rotatable bonds is 7. The summed E-state index contributed by atoms with van der Waals surface area (Å²) in [5.74, 6) is -0.387. The SMILES string of the molecule is CC(C)c1ccc(S(=O)(=O)N2CCN(CC(=O)Nc3ccc(C(N)=O)cc3)CC2)cc1. The Kier molecular flexibility index (Phi) is 7.09. The normalized spacial score (nSPS) is 15.7. The Balaban J connectivity index is 1.52. The van der Waals surface area contributed by atoms with Gasteiger partial charge in [0.2, 0.25) is 21.8 Å². The smallest absolute Gasteiger partial charge is 0.248 e. The van der Waals surface area contributed by atoms with Gasteiger partial charge in [-0.25, -0.2) is 8.42 Å². The van der Waals surface area contributed by atoms with Crippen LogP contribution in [0.5, 0.6) is 0 Å². The highest BCUT2D eigenvalue weighted by molar-refractivity contribution is 7.89. The average Bonchev–Trinajstić information content (AvgIpc) is 2.74. The van der Waals surface area contributed by atoms with Crippen LogP contribution < -0.4 is 11.1 Å². The van der Waals surface area contributed by atoms with Gasteiger partial charge in [-0.15, -0.1) is 0 Å². The van der Waals surface area contributed by atoms with Crippen molar-refractivity contribution in [3.8, 4) is 0 Å². The first-order valence-electron chi connectivity index (χ1n) is 10.2. The fourth-order valence-electron chi connectivity index (χ4n) is 3.42. The first-order chi connectivity index (χ1) is 14.7. The van der Waals surface area contributed by atoms with Gasteiger partial charge >= 0.3 is 0 Å².